The van der Waals surface area contributed by atoms with Crippen molar-refractivity contribution in [3.05, 3.63) is 29.3 Å². The van der Waals surface area contributed by atoms with Crippen molar-refractivity contribution in [1.29, 1.82) is 0 Å². The molecule has 3 rings (SSSR count). The summed E-state index contributed by atoms with van der Waals surface area (Å²) in [4.78, 5) is 51.2. The molecule has 174 valence electrons. The average molecular weight is 445 g/mol. The molecule has 0 bridgehead atoms. The SMILES string of the molecule is CCN1C(=O)CCc2ccc(C(=O)N[C@@H](CCCN)C(=O)N[C@H]3CCC[C@H]3C(=O)O)cc21. The zero-order chi connectivity index (χ0) is 23.3. The van der Waals surface area contributed by atoms with E-state index >= 15 is 0 Å². The first-order valence-electron chi connectivity index (χ1n) is 11.3. The van der Waals surface area contributed by atoms with E-state index < -0.39 is 35.8 Å². The van der Waals surface area contributed by atoms with Gasteiger partial charge >= 0.3 is 5.97 Å². The number of aryl methyl sites for hydroxylation is 1. The number of anilines is 1. The third-order valence-corrected chi connectivity index (χ3v) is 6.34. The lowest BCUT2D eigenvalue weighted by molar-refractivity contribution is -0.142. The van der Waals surface area contributed by atoms with Crippen LogP contribution in [0.5, 0.6) is 0 Å². The highest BCUT2D eigenvalue weighted by Gasteiger charge is 2.35. The van der Waals surface area contributed by atoms with Crippen molar-refractivity contribution >= 4 is 29.4 Å². The second-order valence-electron chi connectivity index (χ2n) is 8.43. The maximum atomic E-state index is 13.0. The molecule has 9 nitrogen and oxygen atoms in total. The second-order valence-corrected chi connectivity index (χ2v) is 8.43. The first-order chi connectivity index (χ1) is 15.3. The van der Waals surface area contributed by atoms with E-state index in [4.69, 9.17) is 5.73 Å². The van der Waals surface area contributed by atoms with E-state index in [1.54, 1.807) is 17.0 Å². The Morgan fingerprint density at radius 3 is 2.72 bits per heavy atom. The van der Waals surface area contributed by atoms with E-state index in [1.807, 2.05) is 13.0 Å². The Hall–Kier alpha value is -2.94. The summed E-state index contributed by atoms with van der Waals surface area (Å²) < 4.78 is 0. The Bertz CT molecular complexity index is 887. The fraction of sp³-hybridized carbons (Fsp3) is 0.565. The molecule has 2 aliphatic rings. The molecule has 1 fully saturated rings. The van der Waals surface area contributed by atoms with Gasteiger partial charge in [0.05, 0.1) is 5.92 Å². The Kier molecular flexibility index (Phi) is 7.84. The topological polar surface area (TPSA) is 142 Å². The van der Waals surface area contributed by atoms with Gasteiger partial charge in [0, 0.05) is 30.3 Å². The van der Waals surface area contributed by atoms with Crippen LogP contribution in [-0.4, -0.2) is 54.0 Å². The van der Waals surface area contributed by atoms with Crippen molar-refractivity contribution in [2.24, 2.45) is 11.7 Å². The number of carboxylic acids is 1. The first kappa shape index (κ1) is 23.7. The van der Waals surface area contributed by atoms with Crippen molar-refractivity contribution in [3.8, 4) is 0 Å². The summed E-state index contributed by atoms with van der Waals surface area (Å²) in [5.74, 6) is -2.31. The zero-order valence-corrected chi connectivity index (χ0v) is 18.4. The van der Waals surface area contributed by atoms with E-state index in [0.717, 1.165) is 17.7 Å². The molecule has 0 radical (unpaired) electrons. The molecule has 9 heteroatoms. The molecule has 5 N–H and O–H groups in total. The van der Waals surface area contributed by atoms with Gasteiger partial charge in [-0.15, -0.1) is 0 Å². The fourth-order valence-electron chi connectivity index (χ4n) is 4.57. The summed E-state index contributed by atoms with van der Waals surface area (Å²) >= 11 is 0. The van der Waals surface area contributed by atoms with Crippen LogP contribution < -0.4 is 21.3 Å². The van der Waals surface area contributed by atoms with E-state index in [-0.39, 0.29) is 5.91 Å². The summed E-state index contributed by atoms with van der Waals surface area (Å²) in [6.07, 6.45) is 3.85. The number of carbonyl (C=O) groups excluding carboxylic acids is 3. The lowest BCUT2D eigenvalue weighted by Gasteiger charge is -2.29. The van der Waals surface area contributed by atoms with Gasteiger partial charge < -0.3 is 26.4 Å². The number of carboxylic acid groups (broad SMARTS) is 1. The van der Waals surface area contributed by atoms with Crippen molar-refractivity contribution < 1.29 is 24.3 Å². The van der Waals surface area contributed by atoms with Gasteiger partial charge in [-0.05, 0) is 63.3 Å². The van der Waals surface area contributed by atoms with Crippen LogP contribution in [-0.2, 0) is 20.8 Å². The summed E-state index contributed by atoms with van der Waals surface area (Å²) in [6.45, 7) is 2.78. The molecule has 0 saturated heterocycles. The third kappa shape index (κ3) is 5.27. The second kappa shape index (κ2) is 10.6. The van der Waals surface area contributed by atoms with Gasteiger partial charge in [-0.2, -0.15) is 0 Å². The smallest absolute Gasteiger partial charge is 0.308 e. The summed E-state index contributed by atoms with van der Waals surface area (Å²) in [5, 5.41) is 15.0. The maximum absolute atomic E-state index is 13.0. The maximum Gasteiger partial charge on any atom is 0.308 e. The van der Waals surface area contributed by atoms with E-state index in [1.165, 1.54) is 0 Å². The van der Waals surface area contributed by atoms with Crippen LogP contribution in [0.1, 0.15) is 61.4 Å². The number of nitrogens with zero attached hydrogens (tertiary/aromatic N) is 1. The van der Waals surface area contributed by atoms with Gasteiger partial charge in [-0.3, -0.25) is 19.2 Å². The Morgan fingerprint density at radius 1 is 1.25 bits per heavy atom. The largest absolute Gasteiger partial charge is 0.481 e. The molecule has 1 heterocycles. The normalized spacial score (nSPS) is 21.1. The molecule has 32 heavy (non-hydrogen) atoms. The molecule has 0 unspecified atom stereocenters. The molecule has 0 aromatic heterocycles. The van der Waals surface area contributed by atoms with Gasteiger partial charge in [0.2, 0.25) is 11.8 Å². The summed E-state index contributed by atoms with van der Waals surface area (Å²) in [7, 11) is 0. The average Bonchev–Trinajstić information content (AvgIpc) is 3.24. The Morgan fingerprint density at radius 2 is 2.03 bits per heavy atom. The number of fused-ring (bicyclic) bond motifs is 1. The van der Waals surface area contributed by atoms with Crippen LogP contribution in [0.25, 0.3) is 0 Å². The van der Waals surface area contributed by atoms with Crippen LogP contribution in [0.4, 0.5) is 5.69 Å². The Balaban J connectivity index is 1.73. The van der Waals surface area contributed by atoms with Crippen LogP contribution in [0, 0.1) is 5.92 Å². The van der Waals surface area contributed by atoms with Gasteiger partial charge in [0.15, 0.2) is 0 Å². The number of nitrogens with two attached hydrogens (primary N) is 1. The quantitative estimate of drug-likeness (QED) is 0.451. The van der Waals surface area contributed by atoms with Crippen LogP contribution in [0.2, 0.25) is 0 Å². The predicted octanol–water partition coefficient (Wildman–Crippen LogP) is 1.19. The lowest BCUT2D eigenvalue weighted by Crippen LogP contribution is -2.51. The Labute approximate surface area is 187 Å². The standard InChI is InChI=1S/C23H32N4O5/c1-2-27-19-13-15(9-8-14(19)10-11-20(27)28)21(29)26-18(7-4-12-24)22(30)25-17-6-3-5-16(17)23(31)32/h8-9,13,16-18H,2-7,10-12,24H2,1H3,(H,25,30)(H,26,29)(H,31,32)/t16-,17+,18+/m1/s1. The molecule has 3 atom stereocenters. The molecule has 1 saturated carbocycles. The van der Waals surface area contributed by atoms with Crippen molar-refractivity contribution in [2.75, 3.05) is 18.0 Å². The summed E-state index contributed by atoms with van der Waals surface area (Å²) in [6, 6.07) is 3.99. The summed E-state index contributed by atoms with van der Waals surface area (Å²) in [5.41, 5.74) is 7.72. The molecule has 1 aliphatic heterocycles. The molecule has 1 aliphatic carbocycles. The highest BCUT2D eigenvalue weighted by Crippen LogP contribution is 2.29. The van der Waals surface area contributed by atoms with Crippen molar-refractivity contribution in [3.63, 3.8) is 0 Å². The number of hydrogen-bond acceptors (Lipinski definition) is 5. The van der Waals surface area contributed by atoms with Gasteiger partial charge in [-0.1, -0.05) is 12.5 Å². The van der Waals surface area contributed by atoms with E-state index in [0.29, 0.717) is 57.2 Å². The number of amides is 3. The lowest BCUT2D eigenvalue weighted by atomic mass is 9.98. The van der Waals surface area contributed by atoms with Gasteiger partial charge in [0.1, 0.15) is 6.04 Å². The number of nitrogens with one attached hydrogen (secondary N) is 2. The number of carbonyl (C=O) groups is 4. The molecule has 0 spiro atoms. The predicted molar refractivity (Wildman–Crippen MR) is 119 cm³/mol. The molecule has 1 aromatic rings. The minimum absolute atomic E-state index is 0.0299. The van der Waals surface area contributed by atoms with Gasteiger partial charge in [-0.25, -0.2) is 0 Å². The number of aliphatic carboxylic acids is 1. The van der Waals surface area contributed by atoms with Crippen LogP contribution in [0.15, 0.2) is 18.2 Å². The number of rotatable bonds is 9. The zero-order valence-electron chi connectivity index (χ0n) is 18.4. The first-order valence-corrected chi connectivity index (χ1v) is 11.3. The number of benzene rings is 1. The minimum Gasteiger partial charge on any atom is -0.481 e. The minimum atomic E-state index is -0.917. The highest BCUT2D eigenvalue weighted by molar-refractivity contribution is 6.01. The van der Waals surface area contributed by atoms with Crippen molar-refractivity contribution in [2.45, 2.75) is 64.0 Å². The fourth-order valence-corrected chi connectivity index (χ4v) is 4.57. The molecular formula is C23H32N4O5. The van der Waals surface area contributed by atoms with Crippen LogP contribution in [0.3, 0.4) is 0 Å². The molecular weight excluding hydrogens is 412 g/mol. The van der Waals surface area contributed by atoms with Crippen LogP contribution >= 0.6 is 0 Å². The highest BCUT2D eigenvalue weighted by atomic mass is 16.4. The van der Waals surface area contributed by atoms with Gasteiger partial charge in [0.25, 0.3) is 5.91 Å². The monoisotopic (exact) mass is 444 g/mol. The number of hydrogen-bond donors (Lipinski definition) is 4. The molecule has 3 amide bonds. The van der Waals surface area contributed by atoms with E-state index in [9.17, 15) is 24.3 Å². The third-order valence-electron chi connectivity index (χ3n) is 6.34. The molecule has 1 aromatic carbocycles. The van der Waals surface area contributed by atoms with E-state index in [2.05, 4.69) is 10.6 Å². The van der Waals surface area contributed by atoms with Crippen molar-refractivity contribution in [1.82, 2.24) is 10.6 Å².